The first kappa shape index (κ1) is 27.1. The van der Waals surface area contributed by atoms with Crippen molar-refractivity contribution in [1.82, 2.24) is 14.3 Å². The molecule has 0 radical (unpaired) electrons. The minimum absolute atomic E-state index is 0.144. The van der Waals surface area contributed by atoms with Gasteiger partial charge in [0.1, 0.15) is 5.75 Å². The van der Waals surface area contributed by atoms with Crippen LogP contribution in [-0.2, 0) is 31.4 Å². The molecule has 1 saturated heterocycles. The van der Waals surface area contributed by atoms with Crippen molar-refractivity contribution in [3.63, 3.8) is 0 Å². The molecule has 0 atom stereocenters. The van der Waals surface area contributed by atoms with E-state index in [2.05, 4.69) is 10.0 Å². The van der Waals surface area contributed by atoms with Gasteiger partial charge < -0.3 is 10.1 Å². The summed E-state index contributed by atoms with van der Waals surface area (Å²) in [6.07, 6.45) is 3.50. The Morgan fingerprint density at radius 1 is 0.971 bits per heavy atom. The van der Waals surface area contributed by atoms with Crippen molar-refractivity contribution in [2.24, 2.45) is 0 Å². The zero-order valence-corrected chi connectivity index (χ0v) is 21.8. The number of carbonyl (C=O) groups excluding carboxylic acids is 1. The summed E-state index contributed by atoms with van der Waals surface area (Å²) in [6.45, 7) is 5.05. The van der Waals surface area contributed by atoms with Crippen molar-refractivity contribution in [2.45, 2.75) is 55.9 Å². The predicted molar refractivity (Wildman–Crippen MR) is 133 cm³/mol. The van der Waals surface area contributed by atoms with Crippen LogP contribution in [0.5, 0.6) is 5.75 Å². The van der Waals surface area contributed by atoms with Gasteiger partial charge in [-0.2, -0.15) is 4.31 Å². The molecule has 2 N–H and O–H groups in total. The quantitative estimate of drug-likeness (QED) is 0.467. The molecule has 0 aliphatic carbocycles. The van der Waals surface area contributed by atoms with Gasteiger partial charge >= 0.3 is 0 Å². The van der Waals surface area contributed by atoms with Crippen molar-refractivity contribution in [3.8, 4) is 5.75 Å². The largest absolute Gasteiger partial charge is 0.484 e. The number of amides is 1. The van der Waals surface area contributed by atoms with E-state index in [1.807, 2.05) is 6.92 Å². The topological polar surface area (TPSA) is 122 Å². The van der Waals surface area contributed by atoms with Crippen LogP contribution in [0.4, 0.5) is 0 Å². The minimum atomic E-state index is -3.58. The summed E-state index contributed by atoms with van der Waals surface area (Å²) in [6, 6.07) is 11.0. The van der Waals surface area contributed by atoms with Crippen molar-refractivity contribution in [3.05, 3.63) is 53.6 Å². The molecule has 192 valence electrons. The van der Waals surface area contributed by atoms with Crippen LogP contribution < -0.4 is 14.8 Å². The number of rotatable bonds is 11. The normalized spacial score (nSPS) is 15.0. The van der Waals surface area contributed by atoms with Gasteiger partial charge in [-0.05, 0) is 67.6 Å². The maximum Gasteiger partial charge on any atom is 0.258 e. The maximum absolute atomic E-state index is 12.7. The number of carbonyl (C=O) groups is 1. The molecule has 0 spiro atoms. The Bertz CT molecular complexity index is 1220. The lowest BCUT2D eigenvalue weighted by atomic mass is 10.2. The third kappa shape index (κ3) is 7.26. The molecule has 0 saturated carbocycles. The van der Waals surface area contributed by atoms with Crippen molar-refractivity contribution in [1.29, 1.82) is 0 Å². The van der Waals surface area contributed by atoms with Crippen LogP contribution in [0.3, 0.4) is 0 Å². The van der Waals surface area contributed by atoms with Gasteiger partial charge in [-0.3, -0.25) is 4.79 Å². The zero-order chi connectivity index (χ0) is 25.5. The molecule has 1 aliphatic rings. The third-order valence-electron chi connectivity index (χ3n) is 5.72. The highest BCUT2D eigenvalue weighted by molar-refractivity contribution is 7.89. The molecule has 0 aromatic heterocycles. The molecule has 3 rings (SSSR count). The van der Waals surface area contributed by atoms with E-state index in [1.54, 1.807) is 31.2 Å². The van der Waals surface area contributed by atoms with Crippen molar-refractivity contribution >= 4 is 26.0 Å². The van der Waals surface area contributed by atoms with E-state index in [-0.39, 0.29) is 28.8 Å². The summed E-state index contributed by atoms with van der Waals surface area (Å²) < 4.78 is 59.6. The Balaban J connectivity index is 1.51. The summed E-state index contributed by atoms with van der Waals surface area (Å²) in [5.41, 5.74) is 1.36. The number of ether oxygens (including phenoxy) is 1. The second-order valence-corrected chi connectivity index (χ2v) is 12.2. The summed E-state index contributed by atoms with van der Waals surface area (Å²) >= 11 is 0. The number of piperidine rings is 1. The molecule has 0 unspecified atom stereocenters. The zero-order valence-electron chi connectivity index (χ0n) is 20.1. The molecule has 0 bridgehead atoms. The fourth-order valence-corrected chi connectivity index (χ4v) is 6.44. The van der Waals surface area contributed by atoms with Crippen LogP contribution in [0.25, 0.3) is 0 Å². The number of sulfonamides is 2. The summed E-state index contributed by atoms with van der Waals surface area (Å²) in [5.74, 6) is 0.0672. The predicted octanol–water partition coefficient (Wildman–Crippen LogP) is 2.55. The van der Waals surface area contributed by atoms with Crippen molar-refractivity contribution < 1.29 is 26.4 Å². The molecule has 9 nitrogen and oxygen atoms in total. The number of nitrogens with zero attached hydrogens (tertiary/aromatic N) is 1. The average molecular weight is 524 g/mol. The summed E-state index contributed by atoms with van der Waals surface area (Å²) in [7, 11) is -7.06. The second-order valence-electron chi connectivity index (χ2n) is 8.50. The lowest BCUT2D eigenvalue weighted by molar-refractivity contribution is -0.123. The molecule has 1 amide bonds. The van der Waals surface area contributed by atoms with E-state index in [1.165, 1.54) is 22.5 Å². The summed E-state index contributed by atoms with van der Waals surface area (Å²) in [4.78, 5) is 12.6. The van der Waals surface area contributed by atoms with Gasteiger partial charge in [0.05, 0.1) is 9.79 Å². The molecule has 1 aliphatic heterocycles. The molecule has 2 aromatic rings. The third-order valence-corrected chi connectivity index (χ3v) is 9.09. The number of hydrogen-bond donors (Lipinski definition) is 2. The van der Waals surface area contributed by atoms with Crippen LogP contribution in [0, 0.1) is 6.92 Å². The Morgan fingerprint density at radius 3 is 2.26 bits per heavy atom. The van der Waals surface area contributed by atoms with Gasteiger partial charge in [-0.15, -0.1) is 0 Å². The lowest BCUT2D eigenvalue weighted by Gasteiger charge is -2.25. The van der Waals surface area contributed by atoms with Crippen LogP contribution in [-0.4, -0.2) is 53.3 Å². The van der Waals surface area contributed by atoms with Gasteiger partial charge in [-0.25, -0.2) is 21.6 Å². The number of hydrogen-bond acceptors (Lipinski definition) is 6. The maximum atomic E-state index is 12.7. The Hall–Kier alpha value is -2.47. The number of nitrogens with one attached hydrogen (secondary N) is 2. The number of benzene rings is 2. The van der Waals surface area contributed by atoms with E-state index in [9.17, 15) is 21.6 Å². The summed E-state index contributed by atoms with van der Waals surface area (Å²) in [5, 5.41) is 2.74. The van der Waals surface area contributed by atoms with Gasteiger partial charge in [0, 0.05) is 26.2 Å². The van der Waals surface area contributed by atoms with Gasteiger partial charge in [0.2, 0.25) is 20.0 Å². The first-order valence-electron chi connectivity index (χ1n) is 11.7. The fourth-order valence-electron chi connectivity index (χ4n) is 3.70. The Morgan fingerprint density at radius 2 is 1.63 bits per heavy atom. The highest BCUT2D eigenvalue weighted by Crippen LogP contribution is 2.22. The van der Waals surface area contributed by atoms with E-state index < -0.39 is 20.0 Å². The highest BCUT2D eigenvalue weighted by atomic mass is 32.2. The Kier molecular flexibility index (Phi) is 9.28. The molecular weight excluding hydrogens is 490 g/mol. The van der Waals surface area contributed by atoms with E-state index in [4.69, 9.17) is 4.74 Å². The Labute approximate surface area is 208 Å². The first-order valence-corrected chi connectivity index (χ1v) is 14.6. The van der Waals surface area contributed by atoms with Crippen LogP contribution in [0.1, 0.15) is 43.7 Å². The van der Waals surface area contributed by atoms with E-state index in [0.29, 0.717) is 37.4 Å². The highest BCUT2D eigenvalue weighted by Gasteiger charge is 2.25. The molecule has 35 heavy (non-hydrogen) atoms. The van der Waals surface area contributed by atoms with Gasteiger partial charge in [-0.1, -0.05) is 25.5 Å². The smallest absolute Gasteiger partial charge is 0.258 e. The molecule has 1 fully saturated rings. The average Bonchev–Trinajstić information content (AvgIpc) is 2.86. The van der Waals surface area contributed by atoms with Crippen LogP contribution in [0.2, 0.25) is 0 Å². The number of aryl methyl sites for hydroxylation is 1. The standard InChI is InChI=1S/C24H33N3O6S2/c1-3-13-26-34(29,30)22-11-12-23(19(2)16-22)33-18-24(28)25-17-20-7-9-21(10-8-20)35(31,32)27-14-5-4-6-15-27/h7-12,16,26H,3-6,13-15,17-18H2,1-2H3,(H,25,28). The molecule has 1 heterocycles. The van der Waals surface area contributed by atoms with Gasteiger partial charge in [0.25, 0.3) is 5.91 Å². The SMILES string of the molecule is CCCNS(=O)(=O)c1ccc(OCC(=O)NCc2ccc(S(=O)(=O)N3CCCCC3)cc2)c(C)c1. The fraction of sp³-hybridized carbons (Fsp3) is 0.458. The van der Waals surface area contributed by atoms with Crippen LogP contribution in [0.15, 0.2) is 52.3 Å². The minimum Gasteiger partial charge on any atom is -0.484 e. The van der Waals surface area contributed by atoms with Crippen molar-refractivity contribution in [2.75, 3.05) is 26.2 Å². The molecule has 11 heteroatoms. The molecule has 2 aromatic carbocycles. The van der Waals surface area contributed by atoms with Crippen LogP contribution >= 0.6 is 0 Å². The second kappa shape index (κ2) is 12.0. The van der Waals surface area contributed by atoms with E-state index in [0.717, 1.165) is 24.8 Å². The van der Waals surface area contributed by atoms with E-state index >= 15 is 0 Å². The molecular formula is C24H33N3O6S2. The lowest BCUT2D eigenvalue weighted by Crippen LogP contribution is -2.35. The van der Waals surface area contributed by atoms with Gasteiger partial charge in [0.15, 0.2) is 6.61 Å². The first-order chi connectivity index (χ1) is 16.6. The monoisotopic (exact) mass is 523 g/mol.